The van der Waals surface area contributed by atoms with Gasteiger partial charge in [-0.1, -0.05) is 0 Å². The van der Waals surface area contributed by atoms with Crippen LogP contribution in [-0.2, 0) is 18.8 Å². The zero-order chi connectivity index (χ0) is 23.1. The maximum atomic E-state index is 13.0. The first-order chi connectivity index (χ1) is 13.4. The van der Waals surface area contributed by atoms with Gasteiger partial charge in [-0.2, -0.15) is 4.90 Å². The van der Waals surface area contributed by atoms with E-state index in [2.05, 4.69) is 9.97 Å². The molecule has 1 aromatic heterocycles. The summed E-state index contributed by atoms with van der Waals surface area (Å²) in [5.74, 6) is -0.0699. The van der Waals surface area contributed by atoms with Gasteiger partial charge in [0.2, 0.25) is 0 Å². The van der Waals surface area contributed by atoms with Gasteiger partial charge in [-0.25, -0.2) is 14.6 Å². The predicted molar refractivity (Wildman–Crippen MR) is 113 cm³/mol. The average Bonchev–Trinajstić information content (AvgIpc) is 2.72. The number of hydrogen-bond donors (Lipinski definition) is 0. The van der Waals surface area contributed by atoms with Gasteiger partial charge in [0, 0.05) is 12.4 Å². The zero-order valence-electron chi connectivity index (χ0n) is 19.5. The van der Waals surface area contributed by atoms with Crippen molar-refractivity contribution in [3.63, 3.8) is 0 Å². The molecule has 2 amide bonds. The van der Waals surface area contributed by atoms with Crippen LogP contribution in [-0.4, -0.2) is 51.7 Å². The highest BCUT2D eigenvalue weighted by Gasteiger charge is 2.54. The lowest BCUT2D eigenvalue weighted by Gasteiger charge is -2.32. The second-order valence-electron chi connectivity index (χ2n) is 10.1. The average molecular weight is 421 g/mol. The smallest absolute Gasteiger partial charge is 0.443 e. The van der Waals surface area contributed by atoms with Crippen LogP contribution in [0.5, 0.6) is 0 Å². The van der Waals surface area contributed by atoms with Crippen molar-refractivity contribution < 1.29 is 28.4 Å². The van der Waals surface area contributed by atoms with Gasteiger partial charge in [0.05, 0.1) is 11.2 Å². The highest BCUT2D eigenvalue weighted by atomic mass is 16.7. The van der Waals surface area contributed by atoms with E-state index < -0.39 is 41.7 Å². The molecule has 1 saturated heterocycles. The quantitative estimate of drug-likeness (QED) is 0.670. The fraction of sp³-hybridized carbons (Fsp3) is 0.700. The van der Waals surface area contributed by atoms with Crippen LogP contribution in [0.3, 0.4) is 0 Å². The van der Waals surface area contributed by atoms with Gasteiger partial charge >= 0.3 is 19.3 Å². The normalized spacial score (nSPS) is 18.1. The van der Waals surface area contributed by atoms with E-state index in [1.54, 1.807) is 41.5 Å². The van der Waals surface area contributed by atoms with Crippen LogP contribution in [0.4, 0.5) is 15.4 Å². The SMILES string of the molecule is CC(C)(C)OC(=O)N(C(=O)OC(C)(C)C)c1nccnc1B1OC(C)(C)C(C)(C)O1. The topological polar surface area (TPSA) is 100 Å². The molecule has 0 bridgehead atoms. The van der Waals surface area contributed by atoms with Crippen LogP contribution in [0.2, 0.25) is 0 Å². The summed E-state index contributed by atoms with van der Waals surface area (Å²) in [7, 11) is -0.939. The molecule has 2 heterocycles. The number of anilines is 1. The lowest BCUT2D eigenvalue weighted by atomic mass is 9.84. The second-order valence-corrected chi connectivity index (χ2v) is 10.1. The molecule has 0 saturated carbocycles. The summed E-state index contributed by atoms with van der Waals surface area (Å²) < 4.78 is 22.9. The molecule has 1 aromatic rings. The van der Waals surface area contributed by atoms with Crippen LogP contribution in [0.1, 0.15) is 69.2 Å². The Balaban J connectivity index is 2.52. The molecule has 0 atom stereocenters. The van der Waals surface area contributed by atoms with Gasteiger partial charge in [-0.15, -0.1) is 0 Å². The van der Waals surface area contributed by atoms with E-state index >= 15 is 0 Å². The first-order valence-electron chi connectivity index (χ1n) is 9.86. The minimum Gasteiger partial charge on any atom is -0.443 e. The molecule has 0 aromatic carbocycles. The summed E-state index contributed by atoms with van der Waals surface area (Å²) >= 11 is 0. The molecule has 10 heteroatoms. The molecule has 0 N–H and O–H groups in total. The van der Waals surface area contributed by atoms with Crippen molar-refractivity contribution in [2.45, 2.75) is 91.6 Å². The molecule has 1 aliphatic heterocycles. The Bertz CT molecular complexity index is 769. The first-order valence-corrected chi connectivity index (χ1v) is 9.86. The maximum absolute atomic E-state index is 13.0. The Morgan fingerprint density at radius 3 is 1.67 bits per heavy atom. The standard InChI is InChI=1S/C20H32BN3O6/c1-17(2,3)27-15(25)24(16(26)28-18(4,5)6)14-13(22-11-12-23-14)21-29-19(7,8)20(9,10)30-21/h11-12H,1-10H3. The number of carbonyl (C=O) groups is 2. The lowest BCUT2D eigenvalue weighted by molar-refractivity contribution is 0.00578. The largest absolute Gasteiger partial charge is 0.518 e. The van der Waals surface area contributed by atoms with Gasteiger partial charge < -0.3 is 18.8 Å². The Labute approximate surface area is 178 Å². The first kappa shape index (κ1) is 24.1. The minimum absolute atomic E-state index is 0.0699. The molecule has 0 unspecified atom stereocenters. The van der Waals surface area contributed by atoms with Crippen molar-refractivity contribution >= 4 is 30.7 Å². The molecule has 1 fully saturated rings. The minimum atomic E-state index is -0.939. The monoisotopic (exact) mass is 421 g/mol. The molecular formula is C20H32BN3O6. The third kappa shape index (κ3) is 5.48. The van der Waals surface area contributed by atoms with Gasteiger partial charge in [-0.05, 0) is 69.2 Å². The van der Waals surface area contributed by atoms with E-state index in [9.17, 15) is 9.59 Å². The highest BCUT2D eigenvalue weighted by molar-refractivity contribution is 6.63. The maximum Gasteiger partial charge on any atom is 0.518 e. The molecule has 166 valence electrons. The summed E-state index contributed by atoms with van der Waals surface area (Å²) in [5, 5.41) is 0. The van der Waals surface area contributed by atoms with E-state index in [-0.39, 0.29) is 11.4 Å². The van der Waals surface area contributed by atoms with Crippen LogP contribution >= 0.6 is 0 Å². The van der Waals surface area contributed by atoms with Gasteiger partial charge in [0.1, 0.15) is 16.8 Å². The highest BCUT2D eigenvalue weighted by Crippen LogP contribution is 2.37. The Morgan fingerprint density at radius 2 is 1.27 bits per heavy atom. The lowest BCUT2D eigenvalue weighted by Crippen LogP contribution is -2.49. The fourth-order valence-corrected chi connectivity index (χ4v) is 2.50. The van der Waals surface area contributed by atoms with E-state index in [4.69, 9.17) is 18.8 Å². The molecule has 0 radical (unpaired) electrons. The number of amides is 2. The van der Waals surface area contributed by atoms with Crippen LogP contribution in [0.25, 0.3) is 0 Å². The third-order valence-electron chi connectivity index (χ3n) is 4.55. The number of carbonyl (C=O) groups excluding carboxylic acids is 2. The molecule has 2 rings (SSSR count). The third-order valence-corrected chi connectivity index (χ3v) is 4.55. The second kappa shape index (κ2) is 7.81. The van der Waals surface area contributed by atoms with Crippen molar-refractivity contribution in [1.29, 1.82) is 0 Å². The number of rotatable bonds is 2. The van der Waals surface area contributed by atoms with Gasteiger partial charge in [-0.3, -0.25) is 4.98 Å². The summed E-state index contributed by atoms with van der Waals surface area (Å²) in [4.78, 5) is 35.2. The van der Waals surface area contributed by atoms with E-state index in [0.29, 0.717) is 0 Å². The Morgan fingerprint density at radius 1 is 0.867 bits per heavy atom. The van der Waals surface area contributed by atoms with E-state index in [0.717, 1.165) is 4.90 Å². The van der Waals surface area contributed by atoms with Crippen molar-refractivity contribution in [3.8, 4) is 0 Å². The van der Waals surface area contributed by atoms with Crippen molar-refractivity contribution in [3.05, 3.63) is 12.4 Å². The summed E-state index contributed by atoms with van der Waals surface area (Å²) in [5.41, 5.74) is -2.80. The summed E-state index contributed by atoms with van der Waals surface area (Å²) in [6, 6.07) is 0. The van der Waals surface area contributed by atoms with Crippen LogP contribution in [0.15, 0.2) is 12.4 Å². The Hall–Kier alpha value is -2.20. The van der Waals surface area contributed by atoms with Crippen molar-refractivity contribution in [1.82, 2.24) is 9.97 Å². The molecule has 0 aliphatic carbocycles. The molecule has 1 aliphatic rings. The molecule has 0 spiro atoms. The Kier molecular flexibility index (Phi) is 6.27. The number of hydrogen-bond acceptors (Lipinski definition) is 8. The van der Waals surface area contributed by atoms with Gasteiger partial charge in [0.15, 0.2) is 5.82 Å². The number of nitrogens with zero attached hydrogens (tertiary/aromatic N) is 3. The van der Waals surface area contributed by atoms with Crippen molar-refractivity contribution in [2.24, 2.45) is 0 Å². The summed E-state index contributed by atoms with van der Waals surface area (Å²) in [6.45, 7) is 17.8. The molecular weight excluding hydrogens is 389 g/mol. The van der Waals surface area contributed by atoms with Crippen molar-refractivity contribution in [2.75, 3.05) is 4.90 Å². The zero-order valence-corrected chi connectivity index (χ0v) is 19.5. The van der Waals surface area contributed by atoms with Crippen LogP contribution in [0, 0.1) is 0 Å². The van der Waals surface area contributed by atoms with E-state index in [1.807, 2.05) is 27.7 Å². The molecule has 9 nitrogen and oxygen atoms in total. The molecule has 30 heavy (non-hydrogen) atoms. The number of imide groups is 1. The predicted octanol–water partition coefficient (Wildman–Crippen LogP) is 3.45. The summed E-state index contributed by atoms with van der Waals surface area (Å²) in [6.07, 6.45) is 0.933. The van der Waals surface area contributed by atoms with Gasteiger partial charge in [0.25, 0.3) is 0 Å². The van der Waals surface area contributed by atoms with Crippen LogP contribution < -0.4 is 10.5 Å². The fourth-order valence-electron chi connectivity index (χ4n) is 2.50. The number of aromatic nitrogens is 2. The van der Waals surface area contributed by atoms with E-state index in [1.165, 1.54) is 12.4 Å². The number of ether oxygens (including phenoxy) is 2.